The Balaban J connectivity index is 1.91. The molecule has 1 heterocycles. The third kappa shape index (κ3) is 2.63. The molecule has 6 heteroatoms. The van der Waals surface area contributed by atoms with Crippen molar-refractivity contribution in [1.82, 2.24) is 0 Å². The molecule has 112 valence electrons. The van der Waals surface area contributed by atoms with Gasteiger partial charge < -0.3 is 15.0 Å². The summed E-state index contributed by atoms with van der Waals surface area (Å²) in [6.45, 7) is -0.00190. The Kier molecular flexibility index (Phi) is 3.73. The highest BCUT2D eigenvalue weighted by Gasteiger charge is 2.25. The molecule has 0 bridgehead atoms. The average molecular weight is 317 g/mol. The Labute approximate surface area is 132 Å². The Morgan fingerprint density at radius 1 is 1.23 bits per heavy atom. The molecule has 0 saturated heterocycles. The number of likely N-dealkylation sites (N-methyl/N-ethyl adjacent to an activating group) is 1. The van der Waals surface area contributed by atoms with Gasteiger partial charge in [0, 0.05) is 17.6 Å². The second-order valence-electron chi connectivity index (χ2n) is 4.85. The lowest BCUT2D eigenvalue weighted by Crippen LogP contribution is -2.36. The van der Waals surface area contributed by atoms with E-state index in [1.165, 1.54) is 4.90 Å². The monoisotopic (exact) mass is 316 g/mol. The Bertz CT molecular complexity index is 744. The van der Waals surface area contributed by atoms with Crippen LogP contribution < -0.4 is 15.0 Å². The molecule has 1 aliphatic rings. The molecule has 5 nitrogen and oxygen atoms in total. The van der Waals surface area contributed by atoms with Crippen molar-refractivity contribution < 1.29 is 14.3 Å². The highest BCUT2D eigenvalue weighted by Crippen LogP contribution is 2.38. The van der Waals surface area contributed by atoms with Crippen LogP contribution in [0.15, 0.2) is 42.5 Å². The topological polar surface area (TPSA) is 58.6 Å². The third-order valence-corrected chi connectivity index (χ3v) is 3.67. The third-order valence-electron chi connectivity index (χ3n) is 3.41. The molecule has 0 radical (unpaired) electrons. The number of nitrogens with zero attached hydrogens (tertiary/aromatic N) is 1. The molecule has 2 aromatic rings. The summed E-state index contributed by atoms with van der Waals surface area (Å²) in [7, 11) is 1.65. The fraction of sp³-hybridized carbons (Fsp3) is 0.125. The molecule has 0 aliphatic carbocycles. The molecule has 0 saturated carbocycles. The summed E-state index contributed by atoms with van der Waals surface area (Å²) in [6.07, 6.45) is 0. The van der Waals surface area contributed by atoms with Crippen molar-refractivity contribution in [1.29, 1.82) is 0 Å². The number of nitrogens with one attached hydrogen (secondary N) is 1. The van der Waals surface area contributed by atoms with Gasteiger partial charge in [0.25, 0.3) is 11.8 Å². The molecule has 0 spiro atoms. The van der Waals surface area contributed by atoms with E-state index in [0.29, 0.717) is 27.7 Å². The molecule has 0 aromatic heterocycles. The number of hydrogen-bond donors (Lipinski definition) is 1. The van der Waals surface area contributed by atoms with Crippen molar-refractivity contribution in [3.63, 3.8) is 0 Å². The van der Waals surface area contributed by atoms with Gasteiger partial charge in [0.05, 0.1) is 5.69 Å². The summed E-state index contributed by atoms with van der Waals surface area (Å²) in [5.41, 5.74) is 1.56. The van der Waals surface area contributed by atoms with Crippen molar-refractivity contribution >= 4 is 34.8 Å². The summed E-state index contributed by atoms with van der Waals surface area (Å²) in [5.74, 6) is 0.119. The van der Waals surface area contributed by atoms with Crippen LogP contribution in [0.4, 0.5) is 11.4 Å². The second kappa shape index (κ2) is 5.69. The van der Waals surface area contributed by atoms with Gasteiger partial charge in [-0.3, -0.25) is 9.59 Å². The average Bonchev–Trinajstić information content (AvgIpc) is 2.51. The zero-order valence-corrected chi connectivity index (χ0v) is 12.6. The lowest BCUT2D eigenvalue weighted by atomic mass is 10.1. The van der Waals surface area contributed by atoms with Gasteiger partial charge in [-0.15, -0.1) is 0 Å². The quantitative estimate of drug-likeness (QED) is 0.926. The molecule has 22 heavy (non-hydrogen) atoms. The largest absolute Gasteiger partial charge is 0.481 e. The number of carbonyl (C=O) groups excluding carboxylic acids is 2. The van der Waals surface area contributed by atoms with Gasteiger partial charge in [-0.05, 0) is 36.4 Å². The van der Waals surface area contributed by atoms with E-state index in [0.717, 1.165) is 0 Å². The summed E-state index contributed by atoms with van der Waals surface area (Å²) in [5, 5.41) is 3.36. The predicted molar refractivity (Wildman–Crippen MR) is 84.8 cm³/mol. The summed E-state index contributed by atoms with van der Waals surface area (Å²) < 4.78 is 5.39. The maximum absolute atomic E-state index is 12.3. The first-order valence-electron chi connectivity index (χ1n) is 6.65. The fourth-order valence-electron chi connectivity index (χ4n) is 2.24. The fourth-order valence-corrected chi connectivity index (χ4v) is 2.37. The van der Waals surface area contributed by atoms with Crippen molar-refractivity contribution in [3.05, 3.63) is 53.1 Å². The Hall–Kier alpha value is -2.53. The first kappa shape index (κ1) is 14.4. The van der Waals surface area contributed by atoms with E-state index < -0.39 is 0 Å². The van der Waals surface area contributed by atoms with E-state index in [2.05, 4.69) is 5.32 Å². The number of benzene rings is 2. The van der Waals surface area contributed by atoms with Crippen molar-refractivity contribution in [2.45, 2.75) is 0 Å². The number of para-hydroxylation sites is 1. The van der Waals surface area contributed by atoms with Crippen LogP contribution in [-0.4, -0.2) is 25.5 Å². The maximum atomic E-state index is 12.3. The van der Waals surface area contributed by atoms with E-state index >= 15 is 0 Å². The van der Waals surface area contributed by atoms with Crippen LogP contribution in [0.2, 0.25) is 5.02 Å². The molecule has 2 aromatic carbocycles. The Morgan fingerprint density at radius 3 is 2.68 bits per heavy atom. The normalized spacial score (nSPS) is 13.4. The van der Waals surface area contributed by atoms with E-state index in [9.17, 15) is 9.59 Å². The number of hydrogen-bond acceptors (Lipinski definition) is 3. The number of fused-ring (bicyclic) bond motifs is 1. The number of anilines is 2. The minimum Gasteiger partial charge on any atom is -0.481 e. The van der Waals surface area contributed by atoms with Gasteiger partial charge in [-0.25, -0.2) is 0 Å². The summed E-state index contributed by atoms with van der Waals surface area (Å²) in [4.78, 5) is 25.6. The molecule has 1 N–H and O–H groups in total. The van der Waals surface area contributed by atoms with Crippen LogP contribution >= 0.6 is 11.6 Å². The summed E-state index contributed by atoms with van der Waals surface area (Å²) >= 11 is 5.81. The predicted octanol–water partition coefficient (Wildman–Crippen LogP) is 2.95. The molecule has 0 fully saturated rings. The van der Waals surface area contributed by atoms with Crippen molar-refractivity contribution in [2.24, 2.45) is 0 Å². The van der Waals surface area contributed by atoms with Gasteiger partial charge in [0.2, 0.25) is 0 Å². The molecule has 2 amide bonds. The smallest absolute Gasteiger partial charge is 0.264 e. The van der Waals surface area contributed by atoms with Crippen LogP contribution in [0.25, 0.3) is 0 Å². The van der Waals surface area contributed by atoms with Gasteiger partial charge in [-0.2, -0.15) is 0 Å². The van der Waals surface area contributed by atoms with Crippen LogP contribution in [0.3, 0.4) is 0 Å². The molecular weight excluding hydrogens is 304 g/mol. The molecule has 3 rings (SSSR count). The highest BCUT2D eigenvalue weighted by molar-refractivity contribution is 6.30. The zero-order valence-electron chi connectivity index (χ0n) is 11.8. The standard InChI is InChI=1S/C16H13ClN2O3/c1-19-14(20)9-22-13-4-2-3-12(15(13)19)18-16(21)10-5-7-11(17)8-6-10/h2-8H,9H2,1H3,(H,18,21). The first-order valence-corrected chi connectivity index (χ1v) is 7.03. The lowest BCUT2D eigenvalue weighted by Gasteiger charge is -2.28. The maximum Gasteiger partial charge on any atom is 0.264 e. The van der Waals surface area contributed by atoms with Crippen LogP contribution in [-0.2, 0) is 4.79 Å². The van der Waals surface area contributed by atoms with Crippen LogP contribution in [0.5, 0.6) is 5.75 Å². The molecule has 0 atom stereocenters. The number of halogens is 1. The van der Waals surface area contributed by atoms with E-state index in [1.807, 2.05) is 0 Å². The van der Waals surface area contributed by atoms with Gasteiger partial charge >= 0.3 is 0 Å². The van der Waals surface area contributed by atoms with Crippen LogP contribution in [0, 0.1) is 0 Å². The van der Waals surface area contributed by atoms with E-state index in [4.69, 9.17) is 16.3 Å². The van der Waals surface area contributed by atoms with Gasteiger partial charge in [-0.1, -0.05) is 17.7 Å². The first-order chi connectivity index (χ1) is 10.6. The highest BCUT2D eigenvalue weighted by atomic mass is 35.5. The second-order valence-corrected chi connectivity index (χ2v) is 5.29. The minimum absolute atomic E-state index is 0.00190. The number of ether oxygens (including phenoxy) is 1. The number of carbonyl (C=O) groups is 2. The number of amides is 2. The lowest BCUT2D eigenvalue weighted by molar-refractivity contribution is -0.120. The van der Waals surface area contributed by atoms with E-state index in [1.54, 1.807) is 49.5 Å². The molecular formula is C16H13ClN2O3. The van der Waals surface area contributed by atoms with Crippen molar-refractivity contribution in [3.8, 4) is 5.75 Å². The van der Waals surface area contributed by atoms with Gasteiger partial charge in [0.1, 0.15) is 11.4 Å². The zero-order chi connectivity index (χ0) is 15.7. The Morgan fingerprint density at radius 2 is 1.95 bits per heavy atom. The van der Waals surface area contributed by atoms with Gasteiger partial charge in [0.15, 0.2) is 6.61 Å². The molecule has 0 unspecified atom stereocenters. The van der Waals surface area contributed by atoms with Crippen molar-refractivity contribution in [2.75, 3.05) is 23.9 Å². The number of rotatable bonds is 2. The van der Waals surface area contributed by atoms with E-state index in [-0.39, 0.29) is 18.4 Å². The minimum atomic E-state index is -0.281. The molecule has 1 aliphatic heterocycles. The van der Waals surface area contributed by atoms with Crippen LogP contribution in [0.1, 0.15) is 10.4 Å². The summed E-state index contributed by atoms with van der Waals surface area (Å²) in [6, 6.07) is 11.8. The SMILES string of the molecule is CN1C(=O)COc2cccc(NC(=O)c3ccc(Cl)cc3)c21.